The van der Waals surface area contributed by atoms with Crippen molar-refractivity contribution in [1.82, 2.24) is 4.90 Å². The Balaban J connectivity index is 1.46. The molecule has 2 aromatic rings. The molecular weight excluding hydrogens is 326 g/mol. The van der Waals surface area contributed by atoms with E-state index < -0.39 is 0 Å². The molecule has 2 fully saturated rings. The number of unbranched alkanes of at least 4 members (excludes halogenated alkanes) is 3. The lowest BCUT2D eigenvalue weighted by atomic mass is 9.90. The predicted molar refractivity (Wildman–Crippen MR) is 105 cm³/mol. The van der Waals surface area contributed by atoms with Crippen molar-refractivity contribution in [2.45, 2.75) is 44.9 Å². The van der Waals surface area contributed by atoms with Crippen molar-refractivity contribution in [3.8, 4) is 10.4 Å². The summed E-state index contributed by atoms with van der Waals surface area (Å²) in [5.41, 5.74) is 2.67. The Morgan fingerprint density at radius 3 is 2.76 bits per heavy atom. The Morgan fingerprint density at radius 2 is 2.08 bits per heavy atom. The number of amides is 1. The van der Waals surface area contributed by atoms with Gasteiger partial charge in [0, 0.05) is 23.4 Å². The van der Waals surface area contributed by atoms with Crippen LogP contribution in [0.2, 0.25) is 0 Å². The molecule has 0 radical (unpaired) electrons. The van der Waals surface area contributed by atoms with E-state index in [-0.39, 0.29) is 11.3 Å². The normalized spacial score (nSPS) is 27.6. The summed E-state index contributed by atoms with van der Waals surface area (Å²) < 4.78 is 0. The first-order valence-corrected chi connectivity index (χ1v) is 10.5. The fourth-order valence-electron chi connectivity index (χ4n) is 4.62. The lowest BCUT2D eigenvalue weighted by Gasteiger charge is -2.25. The molecule has 1 saturated carbocycles. The van der Waals surface area contributed by atoms with E-state index in [4.69, 9.17) is 0 Å². The van der Waals surface area contributed by atoms with Gasteiger partial charge in [-0.2, -0.15) is 0 Å². The van der Waals surface area contributed by atoms with Gasteiger partial charge >= 0.3 is 0 Å². The first kappa shape index (κ1) is 16.8. The Kier molecular flexibility index (Phi) is 4.45. The second kappa shape index (κ2) is 6.60. The highest BCUT2D eigenvalue weighted by Gasteiger charge is 2.70. The standard InChI is InChI=1S/C22H27NOS/c1-3-4-5-6-12-23-15-18-20(21(23)24)22(18,2)17-10-7-9-16(14-17)19-11-8-13-25-19/h7-11,13-14,18,20H,3-6,12,15H2,1-2H3. The molecule has 2 heterocycles. The van der Waals surface area contributed by atoms with Gasteiger partial charge in [0.1, 0.15) is 0 Å². The summed E-state index contributed by atoms with van der Waals surface area (Å²) in [7, 11) is 0. The zero-order valence-electron chi connectivity index (χ0n) is 15.2. The lowest BCUT2D eigenvalue weighted by molar-refractivity contribution is -0.130. The Labute approximate surface area is 154 Å². The number of benzene rings is 1. The van der Waals surface area contributed by atoms with Gasteiger partial charge in [-0.1, -0.05) is 57.4 Å². The molecule has 1 aromatic heterocycles. The third-order valence-corrected chi connectivity index (χ3v) is 7.20. The summed E-state index contributed by atoms with van der Waals surface area (Å²) in [6, 6.07) is 13.1. The van der Waals surface area contributed by atoms with Crippen LogP contribution in [0.5, 0.6) is 0 Å². The molecule has 1 amide bonds. The van der Waals surface area contributed by atoms with Crippen LogP contribution in [-0.2, 0) is 10.2 Å². The van der Waals surface area contributed by atoms with E-state index in [0.29, 0.717) is 11.8 Å². The Hall–Kier alpha value is -1.61. The molecule has 4 rings (SSSR count). The van der Waals surface area contributed by atoms with Crippen molar-refractivity contribution in [2.75, 3.05) is 13.1 Å². The number of thiophene rings is 1. The highest BCUT2D eigenvalue weighted by molar-refractivity contribution is 7.13. The number of likely N-dealkylation sites (tertiary alicyclic amines) is 1. The van der Waals surface area contributed by atoms with Crippen molar-refractivity contribution in [2.24, 2.45) is 11.8 Å². The average Bonchev–Trinajstić information content (AvgIpc) is 3.02. The van der Waals surface area contributed by atoms with Crippen LogP contribution in [0.3, 0.4) is 0 Å². The van der Waals surface area contributed by atoms with Crippen LogP contribution < -0.4 is 0 Å². The van der Waals surface area contributed by atoms with Gasteiger partial charge in [-0.3, -0.25) is 4.79 Å². The summed E-state index contributed by atoms with van der Waals surface area (Å²) in [5.74, 6) is 1.10. The Morgan fingerprint density at radius 1 is 1.20 bits per heavy atom. The molecule has 1 aromatic carbocycles. The van der Waals surface area contributed by atoms with Crippen LogP contribution in [0.15, 0.2) is 41.8 Å². The first-order valence-electron chi connectivity index (χ1n) is 9.59. The molecule has 3 unspecified atom stereocenters. The van der Waals surface area contributed by atoms with Gasteiger partial charge in [-0.15, -0.1) is 11.3 Å². The van der Waals surface area contributed by atoms with Crippen LogP contribution in [0, 0.1) is 11.8 Å². The van der Waals surface area contributed by atoms with Crippen molar-refractivity contribution in [3.63, 3.8) is 0 Å². The topological polar surface area (TPSA) is 20.3 Å². The molecule has 1 aliphatic carbocycles. The quantitative estimate of drug-likeness (QED) is 0.615. The van der Waals surface area contributed by atoms with Crippen molar-refractivity contribution in [3.05, 3.63) is 47.3 Å². The van der Waals surface area contributed by atoms with E-state index in [1.807, 2.05) is 0 Å². The highest BCUT2D eigenvalue weighted by atomic mass is 32.1. The minimum atomic E-state index is 0.0459. The van der Waals surface area contributed by atoms with E-state index in [1.165, 1.54) is 35.3 Å². The van der Waals surface area contributed by atoms with E-state index >= 15 is 0 Å². The molecule has 1 saturated heterocycles. The Bertz CT molecular complexity index is 753. The number of nitrogens with zero attached hydrogens (tertiary/aromatic N) is 1. The smallest absolute Gasteiger partial charge is 0.226 e. The fraction of sp³-hybridized carbons (Fsp3) is 0.500. The first-order chi connectivity index (χ1) is 12.2. The summed E-state index contributed by atoms with van der Waals surface area (Å²) in [5, 5.41) is 2.12. The molecule has 2 nitrogen and oxygen atoms in total. The zero-order valence-corrected chi connectivity index (χ0v) is 16.0. The van der Waals surface area contributed by atoms with Gasteiger partial charge in [0.05, 0.1) is 5.92 Å². The molecule has 25 heavy (non-hydrogen) atoms. The number of piperidine rings is 1. The maximum absolute atomic E-state index is 12.8. The number of carbonyl (C=O) groups excluding carboxylic acids is 1. The summed E-state index contributed by atoms with van der Waals surface area (Å²) in [4.78, 5) is 16.3. The van der Waals surface area contributed by atoms with E-state index in [1.54, 1.807) is 11.3 Å². The maximum atomic E-state index is 12.8. The van der Waals surface area contributed by atoms with Crippen LogP contribution in [-0.4, -0.2) is 23.9 Å². The van der Waals surface area contributed by atoms with E-state index in [2.05, 4.69) is 60.5 Å². The van der Waals surface area contributed by atoms with Gasteiger partial charge in [0.2, 0.25) is 5.91 Å². The average molecular weight is 354 g/mol. The third kappa shape index (κ3) is 2.83. The zero-order chi connectivity index (χ0) is 17.4. The minimum Gasteiger partial charge on any atom is -0.342 e. The van der Waals surface area contributed by atoms with Gasteiger partial charge in [0.25, 0.3) is 0 Å². The van der Waals surface area contributed by atoms with Crippen molar-refractivity contribution in [1.29, 1.82) is 0 Å². The van der Waals surface area contributed by atoms with Crippen LogP contribution >= 0.6 is 11.3 Å². The number of hydrogen-bond donors (Lipinski definition) is 0. The predicted octanol–water partition coefficient (Wildman–Crippen LogP) is 5.34. The van der Waals surface area contributed by atoms with Crippen LogP contribution in [0.1, 0.15) is 45.1 Å². The molecule has 0 bridgehead atoms. The molecule has 0 N–H and O–H groups in total. The monoisotopic (exact) mass is 353 g/mol. The third-order valence-electron chi connectivity index (χ3n) is 6.28. The number of fused-ring (bicyclic) bond motifs is 1. The van der Waals surface area contributed by atoms with Crippen LogP contribution in [0.25, 0.3) is 10.4 Å². The molecule has 3 heteroatoms. The number of rotatable bonds is 7. The second-order valence-corrected chi connectivity index (χ2v) is 8.72. The van der Waals surface area contributed by atoms with E-state index in [9.17, 15) is 4.79 Å². The van der Waals surface area contributed by atoms with Gasteiger partial charge in [-0.05, 0) is 41.0 Å². The molecule has 132 valence electrons. The van der Waals surface area contributed by atoms with Crippen molar-refractivity contribution < 1.29 is 4.79 Å². The second-order valence-electron chi connectivity index (χ2n) is 7.77. The number of hydrogen-bond acceptors (Lipinski definition) is 2. The lowest BCUT2D eigenvalue weighted by Crippen LogP contribution is -2.34. The van der Waals surface area contributed by atoms with Gasteiger partial charge < -0.3 is 4.90 Å². The fourth-order valence-corrected chi connectivity index (χ4v) is 5.35. The van der Waals surface area contributed by atoms with Gasteiger partial charge in [-0.25, -0.2) is 0 Å². The molecule has 1 aliphatic heterocycles. The molecular formula is C22H27NOS. The number of carbonyl (C=O) groups is 1. The molecule has 3 atom stereocenters. The van der Waals surface area contributed by atoms with Crippen LogP contribution in [0.4, 0.5) is 0 Å². The van der Waals surface area contributed by atoms with Crippen molar-refractivity contribution >= 4 is 17.2 Å². The maximum Gasteiger partial charge on any atom is 0.226 e. The highest BCUT2D eigenvalue weighted by Crippen LogP contribution is 2.64. The largest absolute Gasteiger partial charge is 0.342 e. The summed E-state index contributed by atoms with van der Waals surface area (Å²) in [6.07, 6.45) is 4.93. The van der Waals surface area contributed by atoms with Gasteiger partial charge in [0.15, 0.2) is 0 Å². The minimum absolute atomic E-state index is 0.0459. The molecule has 0 spiro atoms. The molecule has 2 aliphatic rings. The SMILES string of the molecule is CCCCCCN1CC2C(C1=O)C2(C)c1cccc(-c2cccs2)c1. The summed E-state index contributed by atoms with van der Waals surface area (Å²) in [6.45, 7) is 6.43. The summed E-state index contributed by atoms with van der Waals surface area (Å²) >= 11 is 1.78. The van der Waals surface area contributed by atoms with E-state index in [0.717, 1.165) is 19.5 Å².